The van der Waals surface area contributed by atoms with Crippen LogP contribution in [0.25, 0.3) is 10.8 Å². The van der Waals surface area contributed by atoms with E-state index in [1.165, 1.54) is 16.5 Å². The third-order valence-electron chi connectivity index (χ3n) is 6.66. The number of hydrogen-bond donors (Lipinski definition) is 0. The van der Waals surface area contributed by atoms with Gasteiger partial charge in [-0.05, 0) is 71.6 Å². The molecule has 0 radical (unpaired) electrons. The summed E-state index contributed by atoms with van der Waals surface area (Å²) in [6.45, 7) is 10.3. The van der Waals surface area contributed by atoms with Crippen LogP contribution in [0, 0.1) is 0 Å². The standard InChI is InChI=1S/C33H34N2O3/c1-3-8-27-21-25(23-34-29-13-15-30(16-14-29)35-17-19-36-20-18-35)22-32(37-4-2)33(27)38-24-28-11-7-10-26-9-5-6-12-31(26)28/h3,5-7,9-16,21-23H,1,4,8,17-20,24H2,2H3. The molecular formula is C33H34N2O3. The number of allylic oxidation sites excluding steroid dienone is 1. The summed E-state index contributed by atoms with van der Waals surface area (Å²) in [5.41, 5.74) is 5.23. The molecule has 1 saturated heterocycles. The molecule has 1 aliphatic heterocycles. The first-order valence-corrected chi connectivity index (χ1v) is 13.2. The van der Waals surface area contributed by atoms with Gasteiger partial charge in [-0.3, -0.25) is 4.99 Å². The molecule has 1 fully saturated rings. The lowest BCUT2D eigenvalue weighted by Gasteiger charge is -2.28. The van der Waals surface area contributed by atoms with Gasteiger partial charge >= 0.3 is 0 Å². The lowest BCUT2D eigenvalue weighted by atomic mass is 10.0. The number of anilines is 1. The average molecular weight is 507 g/mol. The molecule has 0 aromatic heterocycles. The van der Waals surface area contributed by atoms with Crippen LogP contribution < -0.4 is 14.4 Å². The molecule has 0 aliphatic carbocycles. The van der Waals surface area contributed by atoms with Crippen LogP contribution in [-0.2, 0) is 17.8 Å². The molecule has 0 amide bonds. The molecule has 0 saturated carbocycles. The summed E-state index contributed by atoms with van der Waals surface area (Å²) in [5, 5.41) is 2.40. The van der Waals surface area contributed by atoms with Gasteiger partial charge in [0, 0.05) is 30.6 Å². The predicted molar refractivity (Wildman–Crippen MR) is 157 cm³/mol. The van der Waals surface area contributed by atoms with Gasteiger partial charge in [0.05, 0.1) is 25.5 Å². The zero-order chi connectivity index (χ0) is 26.2. The van der Waals surface area contributed by atoms with Gasteiger partial charge in [-0.2, -0.15) is 0 Å². The average Bonchev–Trinajstić information content (AvgIpc) is 2.97. The summed E-state index contributed by atoms with van der Waals surface area (Å²) in [6, 6.07) is 27.1. The molecule has 4 aromatic rings. The van der Waals surface area contributed by atoms with Crippen LogP contribution in [0.5, 0.6) is 11.5 Å². The van der Waals surface area contributed by atoms with Crippen LogP contribution in [0.3, 0.4) is 0 Å². The van der Waals surface area contributed by atoms with Crippen LogP contribution in [0.15, 0.2) is 96.5 Å². The van der Waals surface area contributed by atoms with E-state index in [1.54, 1.807) is 0 Å². The van der Waals surface area contributed by atoms with Gasteiger partial charge in [-0.25, -0.2) is 0 Å². The van der Waals surface area contributed by atoms with Crippen molar-refractivity contribution in [2.45, 2.75) is 20.0 Å². The number of fused-ring (bicyclic) bond motifs is 1. The van der Waals surface area contributed by atoms with Crippen LogP contribution in [0.4, 0.5) is 11.4 Å². The minimum atomic E-state index is 0.453. The zero-order valence-electron chi connectivity index (χ0n) is 21.9. The van der Waals surface area contributed by atoms with Crippen molar-refractivity contribution in [1.82, 2.24) is 0 Å². The van der Waals surface area contributed by atoms with Crippen molar-refractivity contribution in [2.75, 3.05) is 37.8 Å². The minimum absolute atomic E-state index is 0.453. The molecule has 0 bridgehead atoms. The predicted octanol–water partition coefficient (Wildman–Crippen LogP) is 7.13. The Morgan fingerprint density at radius 3 is 2.50 bits per heavy atom. The van der Waals surface area contributed by atoms with Gasteiger partial charge in [0.15, 0.2) is 11.5 Å². The van der Waals surface area contributed by atoms with Gasteiger partial charge < -0.3 is 19.1 Å². The Labute approximate surface area is 225 Å². The third-order valence-corrected chi connectivity index (χ3v) is 6.66. The number of benzene rings is 4. The van der Waals surface area contributed by atoms with Crippen molar-refractivity contribution in [1.29, 1.82) is 0 Å². The SMILES string of the molecule is C=CCc1cc(C=Nc2ccc(N3CCOCC3)cc2)cc(OCC)c1OCc1cccc2ccccc12. The summed E-state index contributed by atoms with van der Waals surface area (Å²) in [7, 11) is 0. The second-order valence-electron chi connectivity index (χ2n) is 9.23. The highest BCUT2D eigenvalue weighted by molar-refractivity contribution is 5.86. The minimum Gasteiger partial charge on any atom is -0.490 e. The van der Waals surface area contributed by atoms with E-state index in [0.29, 0.717) is 19.6 Å². The Kier molecular flexibility index (Phi) is 8.36. The van der Waals surface area contributed by atoms with E-state index in [2.05, 4.69) is 84.3 Å². The second kappa shape index (κ2) is 12.4. The van der Waals surface area contributed by atoms with E-state index in [9.17, 15) is 0 Å². The smallest absolute Gasteiger partial charge is 0.165 e. The largest absolute Gasteiger partial charge is 0.490 e. The summed E-state index contributed by atoms with van der Waals surface area (Å²) in [4.78, 5) is 7.07. The van der Waals surface area contributed by atoms with Crippen molar-refractivity contribution < 1.29 is 14.2 Å². The Balaban J connectivity index is 1.38. The fourth-order valence-electron chi connectivity index (χ4n) is 4.78. The summed E-state index contributed by atoms with van der Waals surface area (Å²) in [5.74, 6) is 1.47. The van der Waals surface area contributed by atoms with Crippen molar-refractivity contribution >= 4 is 28.4 Å². The number of ether oxygens (including phenoxy) is 3. The Morgan fingerprint density at radius 2 is 1.71 bits per heavy atom. The zero-order valence-corrected chi connectivity index (χ0v) is 21.9. The van der Waals surface area contributed by atoms with E-state index in [0.717, 1.165) is 60.2 Å². The molecule has 0 spiro atoms. The summed E-state index contributed by atoms with van der Waals surface area (Å²) < 4.78 is 17.9. The highest BCUT2D eigenvalue weighted by Gasteiger charge is 2.14. The number of morpholine rings is 1. The molecule has 5 nitrogen and oxygen atoms in total. The highest BCUT2D eigenvalue weighted by atomic mass is 16.5. The van der Waals surface area contributed by atoms with Gasteiger partial charge in [-0.15, -0.1) is 6.58 Å². The third kappa shape index (κ3) is 6.06. The number of hydrogen-bond acceptors (Lipinski definition) is 5. The highest BCUT2D eigenvalue weighted by Crippen LogP contribution is 2.35. The number of aliphatic imine (C=N–C) groups is 1. The lowest BCUT2D eigenvalue weighted by molar-refractivity contribution is 0.122. The molecule has 1 aliphatic rings. The monoisotopic (exact) mass is 506 g/mol. The fraction of sp³-hybridized carbons (Fsp3) is 0.242. The Bertz CT molecular complexity index is 1400. The molecule has 194 valence electrons. The maximum atomic E-state index is 6.43. The maximum Gasteiger partial charge on any atom is 0.165 e. The van der Waals surface area contributed by atoms with Crippen LogP contribution in [0.1, 0.15) is 23.6 Å². The second-order valence-corrected chi connectivity index (χ2v) is 9.23. The summed E-state index contributed by atoms with van der Waals surface area (Å²) in [6.07, 6.45) is 4.44. The maximum absolute atomic E-state index is 6.43. The molecule has 5 rings (SSSR count). The van der Waals surface area contributed by atoms with Gasteiger partial charge in [-0.1, -0.05) is 48.5 Å². The summed E-state index contributed by atoms with van der Waals surface area (Å²) >= 11 is 0. The fourth-order valence-corrected chi connectivity index (χ4v) is 4.78. The lowest BCUT2D eigenvalue weighted by Crippen LogP contribution is -2.36. The van der Waals surface area contributed by atoms with Crippen molar-refractivity contribution in [2.24, 2.45) is 4.99 Å². The van der Waals surface area contributed by atoms with Crippen molar-refractivity contribution in [3.63, 3.8) is 0 Å². The number of rotatable bonds is 10. The molecular weight excluding hydrogens is 472 g/mol. The topological polar surface area (TPSA) is 43.3 Å². The van der Waals surface area contributed by atoms with E-state index >= 15 is 0 Å². The van der Waals surface area contributed by atoms with Gasteiger partial charge in [0.1, 0.15) is 6.61 Å². The van der Waals surface area contributed by atoms with E-state index in [1.807, 2.05) is 25.3 Å². The Morgan fingerprint density at radius 1 is 0.921 bits per heavy atom. The van der Waals surface area contributed by atoms with Gasteiger partial charge in [0.25, 0.3) is 0 Å². The van der Waals surface area contributed by atoms with Gasteiger partial charge in [0.2, 0.25) is 0 Å². The molecule has 5 heteroatoms. The first kappa shape index (κ1) is 25.6. The van der Waals surface area contributed by atoms with Crippen LogP contribution in [-0.4, -0.2) is 39.1 Å². The van der Waals surface area contributed by atoms with E-state index < -0.39 is 0 Å². The quantitative estimate of drug-likeness (QED) is 0.169. The molecule has 4 aromatic carbocycles. The van der Waals surface area contributed by atoms with Crippen LogP contribution >= 0.6 is 0 Å². The molecule has 0 N–H and O–H groups in total. The van der Waals surface area contributed by atoms with E-state index in [-0.39, 0.29) is 0 Å². The number of nitrogens with zero attached hydrogens (tertiary/aromatic N) is 2. The molecule has 1 heterocycles. The first-order chi connectivity index (χ1) is 18.7. The molecule has 0 unspecified atom stereocenters. The molecule has 38 heavy (non-hydrogen) atoms. The molecule has 0 atom stereocenters. The van der Waals surface area contributed by atoms with Crippen LogP contribution in [0.2, 0.25) is 0 Å². The van der Waals surface area contributed by atoms with Crippen molar-refractivity contribution in [3.8, 4) is 11.5 Å². The normalized spacial score (nSPS) is 13.7. The van der Waals surface area contributed by atoms with E-state index in [4.69, 9.17) is 19.2 Å². The van der Waals surface area contributed by atoms with Crippen molar-refractivity contribution in [3.05, 3.63) is 108 Å². The Hall–Kier alpha value is -4.09. The first-order valence-electron chi connectivity index (χ1n) is 13.2.